The lowest BCUT2D eigenvalue weighted by atomic mass is 9.82. The van der Waals surface area contributed by atoms with E-state index in [0.717, 1.165) is 18.4 Å². The fraction of sp³-hybridized carbons (Fsp3) is 0.529. The summed E-state index contributed by atoms with van der Waals surface area (Å²) < 4.78 is 5.33. The molecule has 1 amide bonds. The molecule has 0 saturated carbocycles. The molecule has 0 aliphatic heterocycles. The highest BCUT2D eigenvalue weighted by atomic mass is 16.6. The fourth-order valence-corrected chi connectivity index (χ4v) is 2.84. The molecular weight excluding hydrogens is 278 g/mol. The number of rotatable bonds is 2. The molecule has 2 rings (SSSR count). The monoisotopic (exact) mass is 303 g/mol. The lowest BCUT2D eigenvalue weighted by Gasteiger charge is -2.30. The lowest BCUT2D eigenvalue weighted by Crippen LogP contribution is -2.40. The summed E-state index contributed by atoms with van der Waals surface area (Å²) in [6.07, 6.45) is 6.91. The summed E-state index contributed by atoms with van der Waals surface area (Å²) in [6, 6.07) is 1.92. The molecule has 1 aromatic heterocycles. The van der Waals surface area contributed by atoms with Gasteiger partial charge in [0.1, 0.15) is 5.60 Å². The number of allylic oxidation sites excluding steroid dienone is 1. The van der Waals surface area contributed by atoms with Crippen LogP contribution in [0.25, 0.3) is 0 Å². The van der Waals surface area contributed by atoms with E-state index < -0.39 is 5.60 Å². The van der Waals surface area contributed by atoms with Crippen molar-refractivity contribution >= 4 is 11.8 Å². The highest BCUT2D eigenvalue weighted by Gasteiger charge is 2.26. The maximum Gasteiger partial charge on any atom is 0.408 e. The molecule has 0 radical (unpaired) electrons. The molecule has 0 unspecified atom stereocenters. The van der Waals surface area contributed by atoms with Gasteiger partial charge in [0.25, 0.3) is 0 Å². The minimum atomic E-state index is -0.494. The van der Waals surface area contributed by atoms with Crippen LogP contribution in [0, 0.1) is 0 Å². The largest absolute Gasteiger partial charge is 0.444 e. The molecule has 2 atom stereocenters. The SMILES string of the molecule is CC1=C[C@H](NC(=O)OC(C)(C)C)C[C@H](c2ccncc2N)C1. The van der Waals surface area contributed by atoms with Crippen molar-refractivity contribution in [2.45, 2.75) is 58.1 Å². The van der Waals surface area contributed by atoms with E-state index in [9.17, 15) is 4.79 Å². The van der Waals surface area contributed by atoms with Gasteiger partial charge in [-0.25, -0.2) is 4.79 Å². The Morgan fingerprint density at radius 1 is 1.45 bits per heavy atom. The van der Waals surface area contributed by atoms with Crippen LogP contribution in [0.3, 0.4) is 0 Å². The van der Waals surface area contributed by atoms with Gasteiger partial charge < -0.3 is 15.8 Å². The number of nitrogen functional groups attached to an aromatic ring is 1. The third-order valence-electron chi connectivity index (χ3n) is 3.62. The number of amides is 1. The summed E-state index contributed by atoms with van der Waals surface area (Å²) in [6.45, 7) is 7.65. The summed E-state index contributed by atoms with van der Waals surface area (Å²) in [5, 5.41) is 2.93. The van der Waals surface area contributed by atoms with Gasteiger partial charge in [-0.15, -0.1) is 0 Å². The number of alkyl carbamates (subject to hydrolysis) is 1. The summed E-state index contributed by atoms with van der Waals surface area (Å²) in [4.78, 5) is 16.0. The van der Waals surface area contributed by atoms with E-state index in [1.165, 1.54) is 5.57 Å². The Kier molecular flexibility index (Phi) is 4.74. The molecule has 0 spiro atoms. The quantitative estimate of drug-likeness (QED) is 0.821. The van der Waals surface area contributed by atoms with Crippen molar-refractivity contribution in [3.63, 3.8) is 0 Å². The average Bonchev–Trinajstić information content (AvgIpc) is 2.35. The van der Waals surface area contributed by atoms with E-state index in [-0.39, 0.29) is 18.1 Å². The fourth-order valence-electron chi connectivity index (χ4n) is 2.84. The Morgan fingerprint density at radius 2 is 2.18 bits per heavy atom. The topological polar surface area (TPSA) is 77.2 Å². The van der Waals surface area contributed by atoms with Gasteiger partial charge in [-0.1, -0.05) is 11.6 Å². The van der Waals surface area contributed by atoms with E-state index in [1.54, 1.807) is 12.4 Å². The summed E-state index contributed by atoms with van der Waals surface area (Å²) in [7, 11) is 0. The standard InChI is InChI=1S/C17H25N3O2/c1-11-7-12(14-5-6-19-10-15(14)18)9-13(8-11)20-16(21)22-17(2,3)4/h5-6,8,10,12-13H,7,9,18H2,1-4H3,(H,20,21)/t12-,13+/m1/s1. The van der Waals surface area contributed by atoms with Crippen LogP contribution in [0.2, 0.25) is 0 Å². The Labute approximate surface area is 131 Å². The minimum absolute atomic E-state index is 0.0406. The molecule has 1 aromatic rings. The Balaban J connectivity index is 2.07. The molecule has 0 aromatic carbocycles. The van der Waals surface area contributed by atoms with Crippen molar-refractivity contribution in [3.05, 3.63) is 35.7 Å². The number of hydrogen-bond donors (Lipinski definition) is 2. The zero-order chi connectivity index (χ0) is 16.3. The van der Waals surface area contributed by atoms with Gasteiger partial charge >= 0.3 is 6.09 Å². The molecule has 22 heavy (non-hydrogen) atoms. The number of ether oxygens (including phenoxy) is 1. The van der Waals surface area contributed by atoms with Gasteiger partial charge in [-0.05, 0) is 58.1 Å². The third kappa shape index (κ3) is 4.48. The Hall–Kier alpha value is -2.04. The normalized spacial score (nSPS) is 21.9. The van der Waals surface area contributed by atoms with E-state index >= 15 is 0 Å². The molecule has 0 bridgehead atoms. The van der Waals surface area contributed by atoms with Crippen LogP contribution >= 0.6 is 0 Å². The predicted octanol–water partition coefficient (Wildman–Crippen LogP) is 3.38. The lowest BCUT2D eigenvalue weighted by molar-refractivity contribution is 0.0510. The van der Waals surface area contributed by atoms with Crippen LogP contribution in [-0.2, 0) is 4.74 Å². The van der Waals surface area contributed by atoms with Crippen molar-refractivity contribution in [2.24, 2.45) is 0 Å². The van der Waals surface area contributed by atoms with E-state index in [2.05, 4.69) is 23.3 Å². The number of aromatic nitrogens is 1. The first-order chi connectivity index (χ1) is 10.2. The molecule has 0 fully saturated rings. The van der Waals surface area contributed by atoms with Gasteiger partial charge in [-0.3, -0.25) is 4.98 Å². The number of nitrogens with two attached hydrogens (primary N) is 1. The molecular formula is C17H25N3O2. The molecule has 1 aliphatic rings. The zero-order valence-electron chi connectivity index (χ0n) is 13.7. The second-order valence-corrected chi connectivity index (χ2v) is 6.91. The van der Waals surface area contributed by atoms with Gasteiger partial charge in [0, 0.05) is 6.20 Å². The van der Waals surface area contributed by atoms with E-state index in [4.69, 9.17) is 10.5 Å². The van der Waals surface area contributed by atoms with Crippen LogP contribution in [0.1, 0.15) is 52.0 Å². The van der Waals surface area contributed by atoms with Gasteiger partial charge in [0.05, 0.1) is 17.9 Å². The number of hydrogen-bond acceptors (Lipinski definition) is 4. The van der Waals surface area contributed by atoms with Gasteiger partial charge in [0.2, 0.25) is 0 Å². The second kappa shape index (κ2) is 6.38. The number of carbonyl (C=O) groups excluding carboxylic acids is 1. The number of anilines is 1. The van der Waals surface area contributed by atoms with E-state index in [0.29, 0.717) is 5.69 Å². The zero-order valence-corrected chi connectivity index (χ0v) is 13.7. The molecule has 0 saturated heterocycles. The Morgan fingerprint density at radius 3 is 2.82 bits per heavy atom. The number of nitrogens with zero attached hydrogens (tertiary/aromatic N) is 1. The average molecular weight is 303 g/mol. The maximum atomic E-state index is 11.9. The van der Waals surface area contributed by atoms with Crippen LogP contribution in [0.4, 0.5) is 10.5 Å². The number of nitrogens with one attached hydrogen (secondary N) is 1. The van der Waals surface area contributed by atoms with Crippen LogP contribution in [0.15, 0.2) is 30.1 Å². The van der Waals surface area contributed by atoms with E-state index in [1.807, 2.05) is 26.8 Å². The van der Waals surface area contributed by atoms with Crippen LogP contribution in [0.5, 0.6) is 0 Å². The van der Waals surface area contributed by atoms with Crippen molar-refractivity contribution in [1.29, 1.82) is 0 Å². The smallest absolute Gasteiger partial charge is 0.408 e. The van der Waals surface area contributed by atoms with Crippen molar-refractivity contribution < 1.29 is 9.53 Å². The summed E-state index contributed by atoms with van der Waals surface area (Å²) in [5.74, 6) is 0.285. The summed E-state index contributed by atoms with van der Waals surface area (Å²) in [5.41, 5.74) is 8.59. The second-order valence-electron chi connectivity index (χ2n) is 6.91. The molecule has 1 aliphatic carbocycles. The highest BCUT2D eigenvalue weighted by Crippen LogP contribution is 2.35. The first-order valence-electron chi connectivity index (χ1n) is 7.61. The minimum Gasteiger partial charge on any atom is -0.444 e. The number of pyridine rings is 1. The van der Waals surface area contributed by atoms with Gasteiger partial charge in [0.15, 0.2) is 0 Å². The third-order valence-corrected chi connectivity index (χ3v) is 3.62. The molecule has 5 heteroatoms. The first kappa shape index (κ1) is 16.3. The molecule has 1 heterocycles. The predicted molar refractivity (Wildman–Crippen MR) is 87.5 cm³/mol. The van der Waals surface area contributed by atoms with Crippen LogP contribution in [-0.4, -0.2) is 22.7 Å². The first-order valence-corrected chi connectivity index (χ1v) is 7.61. The maximum absolute atomic E-state index is 11.9. The van der Waals surface area contributed by atoms with Crippen molar-refractivity contribution in [2.75, 3.05) is 5.73 Å². The Bertz CT molecular complexity index is 576. The summed E-state index contributed by atoms with van der Waals surface area (Å²) >= 11 is 0. The molecule has 3 N–H and O–H groups in total. The van der Waals surface area contributed by atoms with Gasteiger partial charge in [-0.2, -0.15) is 0 Å². The number of carbonyl (C=O) groups is 1. The van der Waals surface area contributed by atoms with Crippen LogP contribution < -0.4 is 11.1 Å². The highest BCUT2D eigenvalue weighted by molar-refractivity contribution is 5.68. The van der Waals surface area contributed by atoms with Crippen molar-refractivity contribution in [3.8, 4) is 0 Å². The van der Waals surface area contributed by atoms with Crippen molar-refractivity contribution in [1.82, 2.24) is 10.3 Å². The molecule has 120 valence electrons. The molecule has 5 nitrogen and oxygen atoms in total.